The number of halogens is 1. The number of fused-ring (bicyclic) bond motifs is 1. The summed E-state index contributed by atoms with van der Waals surface area (Å²) in [6, 6.07) is 22.7. The normalized spacial score (nSPS) is 12.9. The summed E-state index contributed by atoms with van der Waals surface area (Å²) < 4.78 is 1.93. The SMILES string of the molecule is Cc1ccc(-n2c(SCC(=O)N3CC(=O)Nc4ccccc43)nnc2-c2ccc(Cl)cc2)cc1. The Morgan fingerprint density at radius 2 is 1.76 bits per heavy atom. The van der Waals surface area contributed by atoms with Crippen molar-refractivity contribution in [2.75, 3.05) is 22.5 Å². The van der Waals surface area contributed by atoms with E-state index in [9.17, 15) is 9.59 Å². The molecule has 0 spiro atoms. The highest BCUT2D eigenvalue weighted by molar-refractivity contribution is 7.99. The van der Waals surface area contributed by atoms with Crippen LogP contribution < -0.4 is 10.2 Å². The molecule has 1 aliphatic rings. The Hall–Kier alpha value is -3.62. The van der Waals surface area contributed by atoms with Crippen LogP contribution in [0.1, 0.15) is 5.56 Å². The number of amides is 2. The number of benzene rings is 3. The van der Waals surface area contributed by atoms with Crippen LogP contribution in [-0.2, 0) is 9.59 Å². The summed E-state index contributed by atoms with van der Waals surface area (Å²) in [5.41, 5.74) is 4.20. The molecule has 1 aromatic heterocycles. The van der Waals surface area contributed by atoms with Crippen LogP contribution in [0.3, 0.4) is 0 Å². The van der Waals surface area contributed by atoms with Crippen molar-refractivity contribution < 1.29 is 9.59 Å². The maximum absolute atomic E-state index is 13.1. The van der Waals surface area contributed by atoms with Crippen molar-refractivity contribution in [1.29, 1.82) is 0 Å². The number of aromatic nitrogens is 3. The smallest absolute Gasteiger partial charge is 0.244 e. The predicted octanol–water partition coefficient (Wildman–Crippen LogP) is 4.97. The Morgan fingerprint density at radius 3 is 2.53 bits per heavy atom. The minimum Gasteiger partial charge on any atom is -0.323 e. The molecule has 0 aliphatic carbocycles. The van der Waals surface area contributed by atoms with Gasteiger partial charge in [0.2, 0.25) is 11.8 Å². The zero-order chi connectivity index (χ0) is 23.7. The molecule has 0 unspecified atom stereocenters. The standard InChI is InChI=1S/C25H20ClN5O2S/c1-16-6-12-19(13-7-16)31-24(17-8-10-18(26)11-9-17)28-29-25(31)34-15-23(33)30-14-22(32)27-20-4-2-3-5-21(20)30/h2-13H,14-15H2,1H3,(H,27,32). The molecule has 0 bridgehead atoms. The Morgan fingerprint density at radius 1 is 1.03 bits per heavy atom. The predicted molar refractivity (Wildman–Crippen MR) is 135 cm³/mol. The first-order valence-electron chi connectivity index (χ1n) is 10.6. The van der Waals surface area contributed by atoms with Crippen molar-refractivity contribution >= 4 is 46.6 Å². The zero-order valence-corrected chi connectivity index (χ0v) is 19.8. The molecule has 0 radical (unpaired) electrons. The molecule has 2 amide bonds. The van der Waals surface area contributed by atoms with E-state index in [-0.39, 0.29) is 24.1 Å². The number of hydrogen-bond donors (Lipinski definition) is 1. The van der Waals surface area contributed by atoms with Crippen LogP contribution >= 0.6 is 23.4 Å². The molecule has 170 valence electrons. The van der Waals surface area contributed by atoms with Crippen molar-refractivity contribution in [3.8, 4) is 17.1 Å². The molecule has 1 aliphatic heterocycles. The van der Waals surface area contributed by atoms with E-state index in [1.165, 1.54) is 16.7 Å². The van der Waals surface area contributed by atoms with E-state index in [0.29, 0.717) is 27.4 Å². The highest BCUT2D eigenvalue weighted by Crippen LogP contribution is 2.32. The summed E-state index contributed by atoms with van der Waals surface area (Å²) in [5, 5.41) is 12.8. The van der Waals surface area contributed by atoms with E-state index in [1.807, 2.05) is 66.1 Å². The highest BCUT2D eigenvalue weighted by Gasteiger charge is 2.27. The first kappa shape index (κ1) is 22.2. The van der Waals surface area contributed by atoms with E-state index in [0.717, 1.165) is 16.8 Å². The zero-order valence-electron chi connectivity index (χ0n) is 18.2. The lowest BCUT2D eigenvalue weighted by Gasteiger charge is -2.29. The summed E-state index contributed by atoms with van der Waals surface area (Å²) in [6.45, 7) is 2.01. The van der Waals surface area contributed by atoms with Gasteiger partial charge in [0.05, 0.1) is 17.1 Å². The molecule has 2 heterocycles. The fourth-order valence-corrected chi connectivity index (χ4v) is 4.69. The number of carbonyl (C=O) groups excluding carboxylic acids is 2. The van der Waals surface area contributed by atoms with Gasteiger partial charge in [0, 0.05) is 16.3 Å². The number of nitrogens with zero attached hydrogens (tertiary/aromatic N) is 4. The van der Waals surface area contributed by atoms with Crippen LogP contribution in [0.15, 0.2) is 78.0 Å². The van der Waals surface area contributed by atoms with Gasteiger partial charge in [-0.05, 0) is 55.5 Å². The molecule has 7 nitrogen and oxygen atoms in total. The van der Waals surface area contributed by atoms with Gasteiger partial charge in [0.15, 0.2) is 11.0 Å². The van der Waals surface area contributed by atoms with Gasteiger partial charge >= 0.3 is 0 Å². The van der Waals surface area contributed by atoms with E-state index >= 15 is 0 Å². The van der Waals surface area contributed by atoms with Crippen molar-refractivity contribution in [2.24, 2.45) is 0 Å². The lowest BCUT2D eigenvalue weighted by Crippen LogP contribution is -2.43. The molecule has 0 saturated carbocycles. The quantitative estimate of drug-likeness (QED) is 0.400. The number of carbonyl (C=O) groups is 2. The highest BCUT2D eigenvalue weighted by atomic mass is 35.5. The summed E-state index contributed by atoms with van der Waals surface area (Å²) in [5.74, 6) is 0.355. The lowest BCUT2D eigenvalue weighted by molar-refractivity contribution is -0.120. The van der Waals surface area contributed by atoms with Gasteiger partial charge in [0.1, 0.15) is 6.54 Å². The number of hydrogen-bond acceptors (Lipinski definition) is 5. The van der Waals surface area contributed by atoms with E-state index in [1.54, 1.807) is 18.2 Å². The molecule has 5 rings (SSSR count). The monoisotopic (exact) mass is 489 g/mol. The largest absolute Gasteiger partial charge is 0.323 e. The van der Waals surface area contributed by atoms with E-state index in [2.05, 4.69) is 15.5 Å². The number of nitrogens with one attached hydrogen (secondary N) is 1. The van der Waals surface area contributed by atoms with Crippen LogP contribution in [0.5, 0.6) is 0 Å². The number of para-hydroxylation sites is 2. The Balaban J connectivity index is 1.45. The molecule has 3 aromatic carbocycles. The minimum atomic E-state index is -0.218. The van der Waals surface area contributed by atoms with Crippen LogP contribution in [-0.4, -0.2) is 38.9 Å². The average Bonchev–Trinajstić information content (AvgIpc) is 3.27. The summed E-state index contributed by atoms with van der Waals surface area (Å²) in [6.07, 6.45) is 0. The first-order valence-corrected chi connectivity index (χ1v) is 12.0. The number of anilines is 2. The fourth-order valence-electron chi connectivity index (χ4n) is 3.74. The summed E-state index contributed by atoms with van der Waals surface area (Å²) >= 11 is 7.35. The lowest BCUT2D eigenvalue weighted by atomic mass is 10.2. The third kappa shape index (κ3) is 4.42. The third-order valence-corrected chi connectivity index (χ3v) is 6.59. The average molecular weight is 490 g/mol. The van der Waals surface area contributed by atoms with Crippen LogP contribution in [0.2, 0.25) is 5.02 Å². The molecule has 4 aromatic rings. The van der Waals surface area contributed by atoms with Crippen molar-refractivity contribution in [3.05, 3.63) is 83.4 Å². The van der Waals surface area contributed by atoms with Gasteiger partial charge in [-0.2, -0.15) is 0 Å². The number of aryl methyl sites for hydroxylation is 1. The maximum Gasteiger partial charge on any atom is 0.244 e. The Labute approximate surface area is 205 Å². The van der Waals surface area contributed by atoms with Gasteiger partial charge in [-0.3, -0.25) is 14.2 Å². The topological polar surface area (TPSA) is 80.1 Å². The molecule has 9 heteroatoms. The number of rotatable bonds is 5. The van der Waals surface area contributed by atoms with Gasteiger partial charge in [0.25, 0.3) is 0 Å². The van der Waals surface area contributed by atoms with Gasteiger partial charge in [-0.15, -0.1) is 10.2 Å². The van der Waals surface area contributed by atoms with Gasteiger partial charge < -0.3 is 10.2 Å². The summed E-state index contributed by atoms with van der Waals surface area (Å²) in [7, 11) is 0. The Bertz CT molecular complexity index is 1370. The molecule has 0 atom stereocenters. The van der Waals surface area contributed by atoms with Crippen molar-refractivity contribution in [2.45, 2.75) is 12.1 Å². The number of thioether (sulfide) groups is 1. The second-order valence-corrected chi connectivity index (χ2v) is 9.20. The fraction of sp³-hybridized carbons (Fsp3) is 0.120. The second kappa shape index (κ2) is 9.32. The first-order chi connectivity index (χ1) is 16.5. The molecular weight excluding hydrogens is 470 g/mol. The van der Waals surface area contributed by atoms with Crippen molar-refractivity contribution in [3.63, 3.8) is 0 Å². The molecule has 1 N–H and O–H groups in total. The molecule has 0 fully saturated rings. The minimum absolute atomic E-state index is 0.0168. The van der Waals surface area contributed by atoms with Gasteiger partial charge in [-0.25, -0.2) is 0 Å². The van der Waals surface area contributed by atoms with E-state index < -0.39 is 0 Å². The van der Waals surface area contributed by atoms with E-state index in [4.69, 9.17) is 11.6 Å². The Kier molecular flexibility index (Phi) is 6.08. The third-order valence-electron chi connectivity index (χ3n) is 5.42. The van der Waals surface area contributed by atoms with Crippen molar-refractivity contribution in [1.82, 2.24) is 14.8 Å². The van der Waals surface area contributed by atoms with Crippen LogP contribution in [0.25, 0.3) is 17.1 Å². The maximum atomic E-state index is 13.1. The second-order valence-electron chi connectivity index (χ2n) is 7.82. The van der Waals surface area contributed by atoms with Crippen LogP contribution in [0, 0.1) is 6.92 Å². The molecular formula is C25H20ClN5O2S. The summed E-state index contributed by atoms with van der Waals surface area (Å²) in [4.78, 5) is 26.8. The van der Waals surface area contributed by atoms with Crippen LogP contribution in [0.4, 0.5) is 11.4 Å². The van der Waals surface area contributed by atoms with Gasteiger partial charge in [-0.1, -0.05) is 53.2 Å². The molecule has 0 saturated heterocycles. The molecule has 34 heavy (non-hydrogen) atoms.